The quantitative estimate of drug-likeness (QED) is 0.222. The molecule has 2 aliphatic rings. The first kappa shape index (κ1) is 26.1. The summed E-state index contributed by atoms with van der Waals surface area (Å²) in [6.07, 6.45) is 7.49. The Labute approximate surface area is 224 Å². The second-order valence-electron chi connectivity index (χ2n) is 10.0. The number of nitrogens with zero attached hydrogens (tertiary/aromatic N) is 4. The van der Waals surface area contributed by atoms with Crippen LogP contribution in [0.25, 0.3) is 5.65 Å². The summed E-state index contributed by atoms with van der Waals surface area (Å²) in [6, 6.07) is 4.76. The Balaban J connectivity index is 1.30. The van der Waals surface area contributed by atoms with Crippen molar-refractivity contribution in [3.63, 3.8) is 0 Å². The van der Waals surface area contributed by atoms with Crippen LogP contribution in [0.1, 0.15) is 55.9 Å². The SMILES string of the molecule is CC(O)[C@H](N)C(=O)N[C@H]1CC[C@H](Nc2cc(NC3CC3)c3ncc(C(=O)Nc4ccnc(Cl)c4)n3n2)CC1. The summed E-state index contributed by atoms with van der Waals surface area (Å²) in [6.45, 7) is 1.51. The van der Waals surface area contributed by atoms with Gasteiger partial charge in [-0.1, -0.05) is 11.6 Å². The van der Waals surface area contributed by atoms with Crippen LogP contribution in [0.3, 0.4) is 0 Å². The van der Waals surface area contributed by atoms with Gasteiger partial charge in [0.05, 0.1) is 18.0 Å². The minimum Gasteiger partial charge on any atom is -0.391 e. The molecule has 0 spiro atoms. The van der Waals surface area contributed by atoms with Gasteiger partial charge in [0.2, 0.25) is 5.91 Å². The molecule has 0 aliphatic heterocycles. The Morgan fingerprint density at radius 1 is 1.08 bits per heavy atom. The highest BCUT2D eigenvalue weighted by atomic mass is 35.5. The molecule has 1 unspecified atom stereocenters. The molecule has 0 aromatic carbocycles. The summed E-state index contributed by atoms with van der Waals surface area (Å²) in [5, 5.41) is 27.3. The number of anilines is 3. The Morgan fingerprint density at radius 2 is 1.76 bits per heavy atom. The average molecular weight is 542 g/mol. The maximum Gasteiger partial charge on any atom is 0.276 e. The van der Waals surface area contributed by atoms with E-state index >= 15 is 0 Å². The van der Waals surface area contributed by atoms with Crippen molar-refractivity contribution in [2.45, 2.75) is 75.7 Å². The molecule has 3 heterocycles. The molecule has 38 heavy (non-hydrogen) atoms. The van der Waals surface area contributed by atoms with Crippen LogP contribution < -0.4 is 27.0 Å². The molecule has 0 bridgehead atoms. The molecule has 0 radical (unpaired) electrons. The first-order valence-electron chi connectivity index (χ1n) is 12.9. The van der Waals surface area contributed by atoms with Crippen LogP contribution >= 0.6 is 11.6 Å². The number of carbonyl (C=O) groups excluding carboxylic acids is 2. The summed E-state index contributed by atoms with van der Waals surface area (Å²) >= 11 is 5.95. The lowest BCUT2D eigenvalue weighted by Gasteiger charge is -2.31. The van der Waals surface area contributed by atoms with Crippen molar-refractivity contribution in [1.82, 2.24) is 24.9 Å². The van der Waals surface area contributed by atoms with Gasteiger partial charge in [-0.15, -0.1) is 5.10 Å². The zero-order valence-electron chi connectivity index (χ0n) is 21.0. The van der Waals surface area contributed by atoms with Gasteiger partial charge in [-0.3, -0.25) is 9.59 Å². The lowest BCUT2D eigenvalue weighted by atomic mass is 9.91. The molecule has 2 aliphatic carbocycles. The molecular weight excluding hydrogens is 510 g/mol. The Morgan fingerprint density at radius 3 is 2.45 bits per heavy atom. The topological polar surface area (TPSA) is 172 Å². The second-order valence-corrected chi connectivity index (χ2v) is 10.4. The summed E-state index contributed by atoms with van der Waals surface area (Å²) in [4.78, 5) is 33.7. The normalized spacial score (nSPS) is 20.9. The van der Waals surface area contributed by atoms with Crippen molar-refractivity contribution in [3.05, 3.63) is 41.4 Å². The van der Waals surface area contributed by atoms with Crippen molar-refractivity contribution in [2.24, 2.45) is 5.73 Å². The van der Waals surface area contributed by atoms with Crippen LogP contribution in [0.15, 0.2) is 30.6 Å². The number of carbonyl (C=O) groups is 2. The zero-order valence-corrected chi connectivity index (χ0v) is 21.8. The number of hydrogen-bond donors (Lipinski definition) is 6. The zero-order chi connectivity index (χ0) is 26.8. The predicted molar refractivity (Wildman–Crippen MR) is 144 cm³/mol. The molecule has 202 valence electrons. The number of aliphatic hydroxyl groups is 1. The second kappa shape index (κ2) is 11.1. The van der Waals surface area contributed by atoms with Gasteiger partial charge in [0, 0.05) is 36.1 Å². The van der Waals surface area contributed by atoms with Crippen molar-refractivity contribution < 1.29 is 14.7 Å². The monoisotopic (exact) mass is 541 g/mol. The van der Waals surface area contributed by atoms with E-state index in [1.54, 1.807) is 16.6 Å². The van der Waals surface area contributed by atoms with Gasteiger partial charge >= 0.3 is 0 Å². The third-order valence-corrected chi connectivity index (χ3v) is 7.08. The Bertz CT molecular complexity index is 1320. The van der Waals surface area contributed by atoms with Gasteiger partial charge in [-0.25, -0.2) is 14.5 Å². The molecule has 0 saturated heterocycles. The Kier molecular flexibility index (Phi) is 7.63. The van der Waals surface area contributed by atoms with Crippen LogP contribution in [-0.2, 0) is 4.79 Å². The third-order valence-electron chi connectivity index (χ3n) is 6.87. The third kappa shape index (κ3) is 6.14. The number of nitrogens with two attached hydrogens (primary N) is 1. The fourth-order valence-electron chi connectivity index (χ4n) is 4.53. The fraction of sp³-hybridized carbons (Fsp3) is 0.480. The van der Waals surface area contributed by atoms with Crippen molar-refractivity contribution in [1.29, 1.82) is 0 Å². The summed E-state index contributed by atoms with van der Waals surface area (Å²) in [5.41, 5.74) is 7.94. The highest BCUT2D eigenvalue weighted by molar-refractivity contribution is 6.29. The predicted octanol–water partition coefficient (Wildman–Crippen LogP) is 2.15. The summed E-state index contributed by atoms with van der Waals surface area (Å²) in [5.74, 6) is -0.0732. The Hall–Kier alpha value is -3.48. The number of aromatic nitrogens is 4. The molecule has 3 aromatic heterocycles. The van der Waals surface area contributed by atoms with Crippen molar-refractivity contribution >= 4 is 46.3 Å². The molecular formula is C25H32ClN9O3. The van der Waals surface area contributed by atoms with Crippen LogP contribution in [0, 0.1) is 0 Å². The van der Waals surface area contributed by atoms with Gasteiger partial charge in [0.25, 0.3) is 5.91 Å². The molecule has 5 rings (SSSR count). The number of imidazole rings is 1. The maximum atomic E-state index is 13.1. The number of fused-ring (bicyclic) bond motifs is 1. The molecule has 2 amide bonds. The molecule has 2 atom stereocenters. The van der Waals surface area contributed by atoms with E-state index in [0.717, 1.165) is 44.2 Å². The van der Waals surface area contributed by atoms with E-state index in [1.165, 1.54) is 19.3 Å². The van der Waals surface area contributed by atoms with E-state index < -0.39 is 12.1 Å². The van der Waals surface area contributed by atoms with E-state index in [9.17, 15) is 14.7 Å². The van der Waals surface area contributed by atoms with E-state index in [2.05, 4.69) is 31.2 Å². The first-order chi connectivity index (χ1) is 18.3. The maximum absolute atomic E-state index is 13.1. The van der Waals surface area contributed by atoms with Crippen LogP contribution in [-0.4, -0.2) is 66.8 Å². The minimum absolute atomic E-state index is 0.0125. The molecule has 12 nitrogen and oxygen atoms in total. The van der Waals surface area contributed by atoms with Gasteiger partial charge in [-0.2, -0.15) is 0 Å². The smallest absolute Gasteiger partial charge is 0.276 e. The average Bonchev–Trinajstić information content (AvgIpc) is 3.59. The largest absolute Gasteiger partial charge is 0.391 e. The van der Waals surface area contributed by atoms with Gasteiger partial charge < -0.3 is 32.1 Å². The number of hydrogen-bond acceptors (Lipinski definition) is 9. The number of halogens is 1. The molecule has 13 heteroatoms. The van der Waals surface area contributed by atoms with E-state index in [0.29, 0.717) is 23.2 Å². The first-order valence-corrected chi connectivity index (χ1v) is 13.2. The van der Waals surface area contributed by atoms with E-state index in [1.807, 2.05) is 6.07 Å². The summed E-state index contributed by atoms with van der Waals surface area (Å²) in [7, 11) is 0. The number of pyridine rings is 1. The van der Waals surface area contributed by atoms with Crippen LogP contribution in [0.2, 0.25) is 5.15 Å². The number of nitrogens with one attached hydrogen (secondary N) is 4. The highest BCUT2D eigenvalue weighted by Crippen LogP contribution is 2.30. The number of aliphatic hydroxyl groups excluding tert-OH is 1. The highest BCUT2D eigenvalue weighted by Gasteiger charge is 2.28. The van der Waals surface area contributed by atoms with E-state index in [-0.39, 0.29) is 34.7 Å². The van der Waals surface area contributed by atoms with Gasteiger partial charge in [0.1, 0.15) is 17.0 Å². The van der Waals surface area contributed by atoms with Crippen molar-refractivity contribution in [2.75, 3.05) is 16.0 Å². The summed E-state index contributed by atoms with van der Waals surface area (Å²) < 4.78 is 1.55. The molecule has 2 fully saturated rings. The van der Waals surface area contributed by atoms with Crippen molar-refractivity contribution in [3.8, 4) is 0 Å². The standard InChI is InChI=1S/C25H32ClN9O3/c1-13(36)22(27)25(38)32-16-6-4-15(5-7-16)31-21-11-18(30-14-2-3-14)23-29-12-19(35(23)34-21)24(37)33-17-8-9-28-20(26)10-17/h8-16,22,30,36H,2-7,27H2,1H3,(H,31,34)(H,32,38)(H,28,33,37)/t13?,15-,16-,22-/m0/s1. The van der Waals surface area contributed by atoms with Gasteiger partial charge in [0.15, 0.2) is 11.3 Å². The van der Waals surface area contributed by atoms with Crippen LogP contribution in [0.5, 0.6) is 0 Å². The van der Waals surface area contributed by atoms with Crippen LogP contribution in [0.4, 0.5) is 17.2 Å². The number of rotatable bonds is 9. The lowest BCUT2D eigenvalue weighted by molar-refractivity contribution is -0.125. The number of amides is 2. The molecule has 3 aromatic rings. The lowest BCUT2D eigenvalue weighted by Crippen LogP contribution is -2.51. The fourth-order valence-corrected chi connectivity index (χ4v) is 4.70. The van der Waals surface area contributed by atoms with Gasteiger partial charge in [-0.05, 0) is 57.6 Å². The molecule has 7 N–H and O–H groups in total. The van der Waals surface area contributed by atoms with E-state index in [4.69, 9.17) is 22.4 Å². The molecule has 2 saturated carbocycles. The minimum atomic E-state index is -0.934.